The van der Waals surface area contributed by atoms with E-state index in [-0.39, 0.29) is 23.6 Å². The standard InChI is InChI=1S/C19H26BrNO4/c1-3-25-16-12-15(22)19(16)8-10-21(11-9-19)17(18(23)24-2)13-4-6-14(20)7-5-13/h4-7,15-17,22H,3,8-12H2,1-2H3. The number of piperidine rings is 1. The van der Waals surface area contributed by atoms with Crippen molar-refractivity contribution in [2.75, 3.05) is 26.8 Å². The Bertz CT molecular complexity index is 596. The fourth-order valence-electron chi connectivity index (χ4n) is 4.27. The molecule has 0 radical (unpaired) electrons. The predicted molar refractivity (Wildman–Crippen MR) is 98.2 cm³/mol. The molecule has 1 aliphatic heterocycles. The molecule has 1 N–H and O–H groups in total. The number of methoxy groups -OCH3 is 1. The van der Waals surface area contributed by atoms with Crippen LogP contribution in [0, 0.1) is 5.41 Å². The Labute approximate surface area is 157 Å². The molecule has 0 amide bonds. The quantitative estimate of drug-likeness (QED) is 0.754. The van der Waals surface area contributed by atoms with Crippen LogP contribution >= 0.6 is 15.9 Å². The van der Waals surface area contributed by atoms with Gasteiger partial charge in [0.25, 0.3) is 0 Å². The summed E-state index contributed by atoms with van der Waals surface area (Å²) in [5, 5.41) is 10.4. The molecule has 138 valence electrons. The van der Waals surface area contributed by atoms with Crippen LogP contribution in [-0.4, -0.2) is 55.0 Å². The van der Waals surface area contributed by atoms with Crippen molar-refractivity contribution in [2.45, 2.75) is 44.4 Å². The van der Waals surface area contributed by atoms with Crippen molar-refractivity contribution >= 4 is 21.9 Å². The number of rotatable bonds is 5. The lowest BCUT2D eigenvalue weighted by Crippen LogP contribution is -2.62. The molecule has 3 atom stereocenters. The van der Waals surface area contributed by atoms with Crippen LogP contribution in [0.4, 0.5) is 0 Å². The second-order valence-corrected chi connectivity index (χ2v) is 7.86. The highest BCUT2D eigenvalue weighted by atomic mass is 79.9. The van der Waals surface area contributed by atoms with Crippen LogP contribution in [0.5, 0.6) is 0 Å². The van der Waals surface area contributed by atoms with E-state index in [2.05, 4.69) is 20.8 Å². The molecule has 25 heavy (non-hydrogen) atoms. The molecule has 0 aromatic heterocycles. The first-order chi connectivity index (χ1) is 12.0. The van der Waals surface area contributed by atoms with Gasteiger partial charge in [-0.05, 0) is 37.5 Å². The minimum Gasteiger partial charge on any atom is -0.468 e. The van der Waals surface area contributed by atoms with Crippen molar-refractivity contribution in [2.24, 2.45) is 5.41 Å². The first-order valence-corrected chi connectivity index (χ1v) is 9.68. The average Bonchev–Trinajstić information content (AvgIpc) is 2.64. The molecule has 1 spiro atoms. The molecule has 1 aliphatic carbocycles. The summed E-state index contributed by atoms with van der Waals surface area (Å²) in [5.74, 6) is -0.242. The Morgan fingerprint density at radius 2 is 2.00 bits per heavy atom. The van der Waals surface area contributed by atoms with E-state index >= 15 is 0 Å². The van der Waals surface area contributed by atoms with Crippen LogP contribution in [0.1, 0.15) is 37.8 Å². The second kappa shape index (κ2) is 7.74. The third-order valence-electron chi connectivity index (χ3n) is 5.81. The van der Waals surface area contributed by atoms with Crippen molar-refractivity contribution in [1.29, 1.82) is 0 Å². The van der Waals surface area contributed by atoms with Crippen molar-refractivity contribution in [3.05, 3.63) is 34.3 Å². The van der Waals surface area contributed by atoms with E-state index < -0.39 is 6.04 Å². The average molecular weight is 412 g/mol. The molecule has 1 saturated carbocycles. The zero-order valence-electron chi connectivity index (χ0n) is 14.8. The van der Waals surface area contributed by atoms with Crippen LogP contribution < -0.4 is 0 Å². The number of hydrogen-bond acceptors (Lipinski definition) is 5. The summed E-state index contributed by atoms with van der Waals surface area (Å²) in [7, 11) is 1.43. The molecule has 5 nitrogen and oxygen atoms in total. The molecular weight excluding hydrogens is 386 g/mol. The molecule has 1 saturated heterocycles. The van der Waals surface area contributed by atoms with Gasteiger partial charge in [0.2, 0.25) is 0 Å². The van der Waals surface area contributed by atoms with Gasteiger partial charge < -0.3 is 14.6 Å². The van der Waals surface area contributed by atoms with E-state index in [1.165, 1.54) is 7.11 Å². The van der Waals surface area contributed by atoms with Gasteiger partial charge in [0.15, 0.2) is 0 Å². The Morgan fingerprint density at radius 3 is 2.52 bits per heavy atom. The van der Waals surface area contributed by atoms with Crippen LogP contribution in [0.2, 0.25) is 0 Å². The van der Waals surface area contributed by atoms with Gasteiger partial charge in [0.1, 0.15) is 6.04 Å². The predicted octanol–water partition coefficient (Wildman–Crippen LogP) is 2.92. The van der Waals surface area contributed by atoms with E-state index in [9.17, 15) is 9.90 Å². The van der Waals surface area contributed by atoms with Crippen molar-refractivity contribution in [3.63, 3.8) is 0 Å². The van der Waals surface area contributed by atoms with Gasteiger partial charge >= 0.3 is 5.97 Å². The summed E-state index contributed by atoms with van der Waals surface area (Å²) in [6.45, 7) is 4.16. The summed E-state index contributed by atoms with van der Waals surface area (Å²) in [5.41, 5.74) is 0.786. The molecule has 3 unspecified atom stereocenters. The molecule has 1 aromatic rings. The Kier molecular flexibility index (Phi) is 5.83. The van der Waals surface area contributed by atoms with Gasteiger partial charge in [-0.25, -0.2) is 4.79 Å². The molecule has 1 heterocycles. The molecule has 2 fully saturated rings. The maximum absolute atomic E-state index is 12.4. The normalized spacial score (nSPS) is 26.9. The minimum absolute atomic E-state index is 0.138. The minimum atomic E-state index is -0.404. The highest BCUT2D eigenvalue weighted by Gasteiger charge is 2.56. The first-order valence-electron chi connectivity index (χ1n) is 8.89. The van der Waals surface area contributed by atoms with Crippen LogP contribution in [0.3, 0.4) is 0 Å². The van der Waals surface area contributed by atoms with E-state index in [0.717, 1.165) is 42.4 Å². The monoisotopic (exact) mass is 411 g/mol. The van der Waals surface area contributed by atoms with Gasteiger partial charge in [0, 0.05) is 36.0 Å². The number of aliphatic hydroxyl groups is 1. The molecule has 0 bridgehead atoms. The van der Waals surface area contributed by atoms with Gasteiger partial charge in [-0.15, -0.1) is 0 Å². The lowest BCUT2D eigenvalue weighted by Gasteiger charge is -2.57. The lowest BCUT2D eigenvalue weighted by atomic mass is 9.58. The number of esters is 1. The Morgan fingerprint density at radius 1 is 1.36 bits per heavy atom. The number of hydrogen-bond donors (Lipinski definition) is 1. The van der Waals surface area contributed by atoms with Crippen LogP contribution in [-0.2, 0) is 14.3 Å². The molecule has 6 heteroatoms. The third-order valence-corrected chi connectivity index (χ3v) is 6.34. The van der Waals surface area contributed by atoms with Crippen LogP contribution in [0.15, 0.2) is 28.7 Å². The largest absolute Gasteiger partial charge is 0.468 e. The smallest absolute Gasteiger partial charge is 0.327 e. The number of halogens is 1. The molecular formula is C19H26BrNO4. The summed E-state index contributed by atoms with van der Waals surface area (Å²) in [6.07, 6.45) is 2.24. The number of nitrogens with zero attached hydrogens (tertiary/aromatic N) is 1. The summed E-state index contributed by atoms with van der Waals surface area (Å²) in [6, 6.07) is 7.39. The number of ether oxygens (including phenoxy) is 2. The molecule has 1 aromatic carbocycles. The van der Waals surface area contributed by atoms with E-state index in [4.69, 9.17) is 9.47 Å². The van der Waals surface area contributed by atoms with Crippen molar-refractivity contribution < 1.29 is 19.4 Å². The highest BCUT2D eigenvalue weighted by molar-refractivity contribution is 9.10. The zero-order chi connectivity index (χ0) is 18.0. The molecule has 2 aliphatic rings. The van der Waals surface area contributed by atoms with Crippen molar-refractivity contribution in [1.82, 2.24) is 4.90 Å². The highest BCUT2D eigenvalue weighted by Crippen LogP contribution is 2.51. The maximum Gasteiger partial charge on any atom is 0.327 e. The van der Waals surface area contributed by atoms with Gasteiger partial charge in [-0.2, -0.15) is 0 Å². The zero-order valence-corrected chi connectivity index (χ0v) is 16.4. The summed E-state index contributed by atoms with van der Waals surface area (Å²) < 4.78 is 11.9. The topological polar surface area (TPSA) is 59.0 Å². The fraction of sp³-hybridized carbons (Fsp3) is 0.632. The number of carbonyl (C=O) groups excluding carboxylic acids is 1. The Balaban J connectivity index is 1.74. The van der Waals surface area contributed by atoms with Gasteiger partial charge in [0.05, 0.1) is 19.3 Å². The number of aliphatic hydroxyl groups excluding tert-OH is 1. The van der Waals surface area contributed by atoms with E-state index in [1.54, 1.807) is 0 Å². The number of carbonyl (C=O) groups is 1. The third kappa shape index (κ3) is 3.50. The van der Waals surface area contributed by atoms with E-state index in [0.29, 0.717) is 6.61 Å². The van der Waals surface area contributed by atoms with Crippen LogP contribution in [0.25, 0.3) is 0 Å². The maximum atomic E-state index is 12.4. The number of benzene rings is 1. The number of likely N-dealkylation sites (tertiary alicyclic amines) is 1. The fourth-order valence-corrected chi connectivity index (χ4v) is 4.53. The second-order valence-electron chi connectivity index (χ2n) is 6.94. The first kappa shape index (κ1) is 18.8. The van der Waals surface area contributed by atoms with Gasteiger partial charge in [-0.1, -0.05) is 28.1 Å². The van der Waals surface area contributed by atoms with Crippen molar-refractivity contribution in [3.8, 4) is 0 Å². The molecule has 3 rings (SSSR count). The Hall–Kier alpha value is -0.950. The summed E-state index contributed by atoms with van der Waals surface area (Å²) in [4.78, 5) is 14.6. The SMILES string of the molecule is CCOC1CC(O)C12CCN(C(C(=O)OC)c1ccc(Br)cc1)CC2. The van der Waals surface area contributed by atoms with Gasteiger partial charge in [-0.3, -0.25) is 4.90 Å². The van der Waals surface area contributed by atoms with E-state index in [1.807, 2.05) is 31.2 Å². The lowest BCUT2D eigenvalue weighted by molar-refractivity contribution is -0.212. The summed E-state index contributed by atoms with van der Waals surface area (Å²) >= 11 is 3.43.